The second-order valence-corrected chi connectivity index (χ2v) is 5.68. The summed E-state index contributed by atoms with van der Waals surface area (Å²) in [6.45, 7) is -1.57. The van der Waals surface area contributed by atoms with Gasteiger partial charge in [-0.05, 0) is 41.5 Å². The van der Waals surface area contributed by atoms with Crippen LogP contribution >= 0.6 is 27.5 Å². The first-order valence-electron chi connectivity index (χ1n) is 6.23. The summed E-state index contributed by atoms with van der Waals surface area (Å²) in [5, 5.41) is 3.95. The van der Waals surface area contributed by atoms with Gasteiger partial charge >= 0.3 is 6.61 Å². The number of rotatable bonds is 6. The Morgan fingerprint density at radius 1 is 1.10 bits per heavy atom. The van der Waals surface area contributed by atoms with Crippen molar-refractivity contribution < 1.29 is 13.5 Å². The van der Waals surface area contributed by atoms with E-state index in [1.807, 2.05) is 18.2 Å². The maximum Gasteiger partial charge on any atom is 0.387 e. The number of benzene rings is 2. The van der Waals surface area contributed by atoms with E-state index >= 15 is 0 Å². The number of alkyl halides is 2. The lowest BCUT2D eigenvalue weighted by atomic mass is 10.2. The maximum absolute atomic E-state index is 12.0. The summed E-state index contributed by atoms with van der Waals surface area (Å²) in [6, 6.07) is 12.2. The molecule has 0 aromatic heterocycles. The molecule has 0 spiro atoms. The lowest BCUT2D eigenvalue weighted by molar-refractivity contribution is -0.0498. The molecule has 0 unspecified atom stereocenters. The van der Waals surface area contributed by atoms with Gasteiger partial charge in [0.1, 0.15) is 5.75 Å². The summed E-state index contributed by atoms with van der Waals surface area (Å²) in [5.74, 6) is 0.156. The molecule has 0 radical (unpaired) electrons. The lowest BCUT2D eigenvalue weighted by Crippen LogP contribution is -2.13. The quantitative estimate of drug-likeness (QED) is 0.766. The Labute approximate surface area is 135 Å². The minimum absolute atomic E-state index is 0.156. The number of hydrogen-bond donors (Lipinski definition) is 1. The SMILES string of the molecule is FC(F)Oc1ccc(CNCc2cc(Br)ccc2Cl)cc1. The van der Waals surface area contributed by atoms with Crippen molar-refractivity contribution in [3.8, 4) is 5.75 Å². The number of halogens is 4. The highest BCUT2D eigenvalue weighted by molar-refractivity contribution is 9.10. The van der Waals surface area contributed by atoms with E-state index in [-0.39, 0.29) is 5.75 Å². The fourth-order valence-electron chi connectivity index (χ4n) is 1.81. The molecular weight excluding hydrogens is 364 g/mol. The lowest BCUT2D eigenvalue weighted by Gasteiger charge is -2.09. The van der Waals surface area contributed by atoms with Crippen LogP contribution in [-0.2, 0) is 13.1 Å². The summed E-state index contributed by atoms with van der Waals surface area (Å²) in [4.78, 5) is 0. The van der Waals surface area contributed by atoms with Crippen molar-refractivity contribution >= 4 is 27.5 Å². The summed E-state index contributed by atoms with van der Waals surface area (Å²) >= 11 is 9.50. The van der Waals surface area contributed by atoms with Gasteiger partial charge in [0.05, 0.1) is 0 Å². The van der Waals surface area contributed by atoms with Gasteiger partial charge in [-0.15, -0.1) is 0 Å². The monoisotopic (exact) mass is 375 g/mol. The summed E-state index contributed by atoms with van der Waals surface area (Å²) in [7, 11) is 0. The van der Waals surface area contributed by atoms with Crippen LogP contribution in [0.2, 0.25) is 5.02 Å². The van der Waals surface area contributed by atoms with Gasteiger partial charge in [0, 0.05) is 22.6 Å². The van der Waals surface area contributed by atoms with Crippen molar-refractivity contribution in [3.63, 3.8) is 0 Å². The van der Waals surface area contributed by atoms with Crippen molar-refractivity contribution in [2.45, 2.75) is 19.7 Å². The molecule has 2 rings (SSSR count). The fourth-order valence-corrected chi connectivity index (χ4v) is 2.40. The molecule has 0 amide bonds. The Morgan fingerprint density at radius 2 is 1.81 bits per heavy atom. The highest BCUT2D eigenvalue weighted by Gasteiger charge is 2.04. The van der Waals surface area contributed by atoms with Crippen LogP contribution in [0.25, 0.3) is 0 Å². The second-order valence-electron chi connectivity index (χ2n) is 4.36. The zero-order valence-corrected chi connectivity index (χ0v) is 13.3. The van der Waals surface area contributed by atoms with Gasteiger partial charge in [-0.1, -0.05) is 39.7 Å². The van der Waals surface area contributed by atoms with Crippen LogP contribution in [0.5, 0.6) is 5.75 Å². The second kappa shape index (κ2) is 7.73. The molecule has 0 aliphatic carbocycles. The average Bonchev–Trinajstić information content (AvgIpc) is 2.44. The van der Waals surface area contributed by atoms with Crippen LogP contribution < -0.4 is 10.1 Å². The Morgan fingerprint density at radius 3 is 2.48 bits per heavy atom. The standard InChI is InChI=1S/C15H13BrClF2NO/c16-12-3-6-14(17)11(7-12)9-20-8-10-1-4-13(5-2-10)21-15(18)19/h1-7,15,20H,8-9H2. The van der Waals surface area contributed by atoms with Crippen LogP contribution in [0.4, 0.5) is 8.78 Å². The molecule has 0 saturated carbocycles. The predicted molar refractivity (Wildman–Crippen MR) is 82.8 cm³/mol. The summed E-state index contributed by atoms with van der Waals surface area (Å²) < 4.78 is 29.3. The Bertz CT molecular complexity index is 593. The van der Waals surface area contributed by atoms with E-state index < -0.39 is 6.61 Å². The van der Waals surface area contributed by atoms with Crippen LogP contribution in [0.1, 0.15) is 11.1 Å². The molecular formula is C15H13BrClF2NO. The van der Waals surface area contributed by atoms with Gasteiger partial charge in [0.2, 0.25) is 0 Å². The predicted octanol–water partition coefficient (Wildman–Crippen LogP) is 4.99. The van der Waals surface area contributed by atoms with Gasteiger partial charge < -0.3 is 10.1 Å². The molecule has 0 aliphatic rings. The van der Waals surface area contributed by atoms with Gasteiger partial charge in [0.15, 0.2) is 0 Å². The third-order valence-corrected chi connectivity index (χ3v) is 3.66. The minimum Gasteiger partial charge on any atom is -0.435 e. The summed E-state index contributed by atoms with van der Waals surface area (Å²) in [6.07, 6.45) is 0. The normalized spacial score (nSPS) is 10.9. The Kier molecular flexibility index (Phi) is 5.96. The van der Waals surface area contributed by atoms with E-state index in [4.69, 9.17) is 11.6 Å². The van der Waals surface area contributed by atoms with Crippen LogP contribution in [-0.4, -0.2) is 6.61 Å². The van der Waals surface area contributed by atoms with Crippen LogP contribution in [0.3, 0.4) is 0 Å². The first-order chi connectivity index (χ1) is 10.0. The number of nitrogens with one attached hydrogen (secondary N) is 1. The van der Waals surface area contributed by atoms with E-state index in [0.717, 1.165) is 15.6 Å². The molecule has 0 aliphatic heterocycles. The van der Waals surface area contributed by atoms with Crippen molar-refractivity contribution in [2.75, 3.05) is 0 Å². The van der Waals surface area contributed by atoms with Crippen molar-refractivity contribution in [1.82, 2.24) is 5.32 Å². The highest BCUT2D eigenvalue weighted by Crippen LogP contribution is 2.21. The summed E-state index contributed by atoms with van der Waals surface area (Å²) in [5.41, 5.74) is 1.96. The van der Waals surface area contributed by atoms with E-state index in [1.54, 1.807) is 12.1 Å². The van der Waals surface area contributed by atoms with Gasteiger partial charge in [0.25, 0.3) is 0 Å². The zero-order valence-electron chi connectivity index (χ0n) is 11.0. The van der Waals surface area contributed by atoms with Crippen molar-refractivity contribution in [2.24, 2.45) is 0 Å². The van der Waals surface area contributed by atoms with E-state index in [1.165, 1.54) is 12.1 Å². The maximum atomic E-state index is 12.0. The first-order valence-corrected chi connectivity index (χ1v) is 7.40. The molecule has 2 nitrogen and oxygen atoms in total. The topological polar surface area (TPSA) is 21.3 Å². The van der Waals surface area contributed by atoms with Gasteiger partial charge in [-0.3, -0.25) is 0 Å². The zero-order chi connectivity index (χ0) is 15.2. The Balaban J connectivity index is 1.87. The van der Waals surface area contributed by atoms with E-state index in [0.29, 0.717) is 18.1 Å². The molecule has 0 atom stereocenters. The molecule has 0 bridgehead atoms. The van der Waals surface area contributed by atoms with Gasteiger partial charge in [-0.25, -0.2) is 0 Å². The molecule has 0 fully saturated rings. The molecule has 0 saturated heterocycles. The van der Waals surface area contributed by atoms with Gasteiger partial charge in [-0.2, -0.15) is 8.78 Å². The fraction of sp³-hybridized carbons (Fsp3) is 0.200. The average molecular weight is 377 g/mol. The molecule has 21 heavy (non-hydrogen) atoms. The molecule has 1 N–H and O–H groups in total. The highest BCUT2D eigenvalue weighted by atomic mass is 79.9. The van der Waals surface area contributed by atoms with E-state index in [2.05, 4.69) is 26.0 Å². The number of ether oxygens (including phenoxy) is 1. The van der Waals surface area contributed by atoms with Crippen molar-refractivity contribution in [1.29, 1.82) is 0 Å². The van der Waals surface area contributed by atoms with E-state index in [9.17, 15) is 8.78 Å². The minimum atomic E-state index is -2.80. The molecule has 112 valence electrons. The molecule has 2 aromatic rings. The molecule has 0 heterocycles. The number of hydrogen-bond acceptors (Lipinski definition) is 2. The largest absolute Gasteiger partial charge is 0.435 e. The van der Waals surface area contributed by atoms with Crippen LogP contribution in [0, 0.1) is 0 Å². The smallest absolute Gasteiger partial charge is 0.387 e. The third kappa shape index (κ3) is 5.26. The van der Waals surface area contributed by atoms with Crippen molar-refractivity contribution in [3.05, 3.63) is 63.1 Å². The third-order valence-electron chi connectivity index (χ3n) is 2.80. The molecule has 2 aromatic carbocycles. The molecule has 6 heteroatoms. The first kappa shape index (κ1) is 16.2. The Hall–Kier alpha value is -1.17. The van der Waals surface area contributed by atoms with Crippen LogP contribution in [0.15, 0.2) is 46.9 Å².